The molecule has 1 heterocycles. The Bertz CT molecular complexity index is 387. The van der Waals surface area contributed by atoms with Crippen LogP contribution in [0.2, 0.25) is 0 Å². The lowest BCUT2D eigenvalue weighted by atomic mass is 10.2. The molecule has 1 aromatic heterocycles. The number of nitriles is 1. The summed E-state index contributed by atoms with van der Waals surface area (Å²) in [5, 5.41) is 10.8. The highest BCUT2D eigenvalue weighted by atomic mass is 14.9. The monoisotopic (exact) mass is 142 g/mol. The maximum absolute atomic E-state index is 8.55. The molecule has 0 saturated carbocycles. The molecule has 0 amide bonds. The third kappa shape index (κ3) is 0.870. The first-order valence-electron chi connectivity index (χ1n) is 3.37. The van der Waals surface area contributed by atoms with Gasteiger partial charge in [-0.3, -0.25) is 4.57 Å². The van der Waals surface area contributed by atoms with Crippen LogP contribution < -0.4 is 0 Å². The van der Waals surface area contributed by atoms with Crippen molar-refractivity contribution < 1.29 is 0 Å². The smallest absolute Gasteiger partial charge is 0.188 e. The van der Waals surface area contributed by atoms with Crippen molar-refractivity contribution in [1.29, 1.82) is 5.26 Å². The van der Waals surface area contributed by atoms with Crippen molar-refractivity contribution in [2.45, 2.75) is 0 Å². The van der Waals surface area contributed by atoms with Crippen LogP contribution in [0.15, 0.2) is 36.7 Å². The molecule has 0 fully saturated rings. The van der Waals surface area contributed by atoms with E-state index in [1.807, 2.05) is 42.9 Å². The summed E-state index contributed by atoms with van der Waals surface area (Å²) in [6, 6.07) is 7.90. The van der Waals surface area contributed by atoms with E-state index in [-0.39, 0.29) is 0 Å². The summed E-state index contributed by atoms with van der Waals surface area (Å²) in [7, 11) is 0. The minimum absolute atomic E-state index is 1.11. The molecule has 2 heteroatoms. The molecule has 0 spiro atoms. The zero-order valence-electron chi connectivity index (χ0n) is 5.86. The summed E-state index contributed by atoms with van der Waals surface area (Å²) < 4.78 is 1.50. The molecule has 1 aromatic carbocycles. The molecule has 0 saturated heterocycles. The lowest BCUT2D eigenvalue weighted by molar-refractivity contribution is 1.11. The lowest BCUT2D eigenvalue weighted by Crippen LogP contribution is -1.76. The molecule has 2 aromatic rings. The van der Waals surface area contributed by atoms with E-state index in [1.165, 1.54) is 4.57 Å². The standard InChI is InChI=1S/C9H6N2/c10-7-11-5-8-3-1-2-4-9(8)6-11/h1-6H. The Morgan fingerprint density at radius 3 is 2.09 bits per heavy atom. The molecule has 52 valence electrons. The van der Waals surface area contributed by atoms with Gasteiger partial charge in [0.1, 0.15) is 0 Å². The van der Waals surface area contributed by atoms with Crippen LogP contribution in [-0.4, -0.2) is 4.57 Å². The maximum atomic E-state index is 8.55. The molecule has 0 aliphatic carbocycles. The molecule has 2 rings (SSSR count). The van der Waals surface area contributed by atoms with E-state index in [2.05, 4.69) is 0 Å². The van der Waals surface area contributed by atoms with Gasteiger partial charge in [-0.1, -0.05) is 24.3 Å². The third-order valence-electron chi connectivity index (χ3n) is 1.67. The van der Waals surface area contributed by atoms with Crippen molar-refractivity contribution in [3.63, 3.8) is 0 Å². The van der Waals surface area contributed by atoms with Gasteiger partial charge in [-0.05, 0) is 0 Å². The molecule has 0 atom stereocenters. The molecular weight excluding hydrogens is 136 g/mol. The van der Waals surface area contributed by atoms with Crippen LogP contribution in [0.5, 0.6) is 0 Å². The van der Waals surface area contributed by atoms with E-state index in [0.717, 1.165) is 10.8 Å². The summed E-state index contributed by atoms with van der Waals surface area (Å²) in [6.07, 6.45) is 5.66. The normalized spacial score (nSPS) is 9.73. The number of aromatic nitrogens is 1. The van der Waals surface area contributed by atoms with Gasteiger partial charge in [-0.2, -0.15) is 5.26 Å². The van der Waals surface area contributed by atoms with E-state index >= 15 is 0 Å². The Balaban J connectivity index is 2.81. The number of hydrogen-bond acceptors (Lipinski definition) is 1. The largest absolute Gasteiger partial charge is 0.261 e. The summed E-state index contributed by atoms with van der Waals surface area (Å²) in [5.74, 6) is 0. The summed E-state index contributed by atoms with van der Waals surface area (Å²) >= 11 is 0. The average molecular weight is 142 g/mol. The molecule has 0 radical (unpaired) electrons. The Kier molecular flexibility index (Phi) is 1.16. The van der Waals surface area contributed by atoms with Gasteiger partial charge < -0.3 is 0 Å². The van der Waals surface area contributed by atoms with Crippen LogP contribution in [0.4, 0.5) is 0 Å². The number of benzene rings is 1. The third-order valence-corrected chi connectivity index (χ3v) is 1.67. The fourth-order valence-electron chi connectivity index (χ4n) is 1.14. The number of fused-ring (bicyclic) bond motifs is 1. The van der Waals surface area contributed by atoms with Gasteiger partial charge in [0.2, 0.25) is 0 Å². The highest BCUT2D eigenvalue weighted by molar-refractivity contribution is 5.82. The predicted molar refractivity (Wildman–Crippen MR) is 42.9 cm³/mol. The molecular formula is C9H6N2. The molecule has 0 N–H and O–H groups in total. The van der Waals surface area contributed by atoms with Gasteiger partial charge in [0.05, 0.1) is 0 Å². The van der Waals surface area contributed by atoms with E-state index in [1.54, 1.807) is 0 Å². The zero-order valence-corrected chi connectivity index (χ0v) is 5.86. The Labute approximate surface area is 64.3 Å². The van der Waals surface area contributed by atoms with E-state index in [0.29, 0.717) is 0 Å². The van der Waals surface area contributed by atoms with E-state index in [4.69, 9.17) is 5.26 Å². The van der Waals surface area contributed by atoms with Crippen molar-refractivity contribution in [1.82, 2.24) is 4.57 Å². The van der Waals surface area contributed by atoms with Crippen molar-refractivity contribution in [3.8, 4) is 6.19 Å². The lowest BCUT2D eigenvalue weighted by Gasteiger charge is -1.81. The topological polar surface area (TPSA) is 28.7 Å². The van der Waals surface area contributed by atoms with Crippen LogP contribution in [0.3, 0.4) is 0 Å². The maximum Gasteiger partial charge on any atom is 0.188 e. The van der Waals surface area contributed by atoms with Crippen molar-refractivity contribution in [2.24, 2.45) is 0 Å². The van der Waals surface area contributed by atoms with Gasteiger partial charge in [-0.15, -0.1) is 0 Å². The quantitative estimate of drug-likeness (QED) is 0.552. The first-order chi connectivity index (χ1) is 5.40. The molecule has 2 nitrogen and oxygen atoms in total. The molecule has 0 bridgehead atoms. The second-order valence-electron chi connectivity index (χ2n) is 2.39. The van der Waals surface area contributed by atoms with Crippen LogP contribution in [-0.2, 0) is 0 Å². The molecule has 0 aliphatic rings. The van der Waals surface area contributed by atoms with Crippen molar-refractivity contribution >= 4 is 10.8 Å². The van der Waals surface area contributed by atoms with Gasteiger partial charge >= 0.3 is 0 Å². The number of hydrogen-bond donors (Lipinski definition) is 0. The Hall–Kier alpha value is -1.75. The van der Waals surface area contributed by atoms with Crippen molar-refractivity contribution in [2.75, 3.05) is 0 Å². The van der Waals surface area contributed by atoms with Crippen molar-refractivity contribution in [3.05, 3.63) is 36.7 Å². The second kappa shape index (κ2) is 2.14. The summed E-state index contributed by atoms with van der Waals surface area (Å²) in [5.41, 5.74) is 0. The molecule has 0 unspecified atom stereocenters. The highest BCUT2D eigenvalue weighted by Gasteiger charge is 1.93. The van der Waals surface area contributed by atoms with Gasteiger partial charge in [0.25, 0.3) is 0 Å². The summed E-state index contributed by atoms with van der Waals surface area (Å²) in [4.78, 5) is 0. The minimum atomic E-state index is 1.11. The zero-order chi connectivity index (χ0) is 7.68. The molecule has 0 aliphatic heterocycles. The fourth-order valence-corrected chi connectivity index (χ4v) is 1.14. The van der Waals surface area contributed by atoms with Crippen LogP contribution >= 0.6 is 0 Å². The number of nitrogens with zero attached hydrogens (tertiary/aromatic N) is 2. The van der Waals surface area contributed by atoms with Gasteiger partial charge in [-0.25, -0.2) is 0 Å². The van der Waals surface area contributed by atoms with Gasteiger partial charge in [0, 0.05) is 23.2 Å². The predicted octanol–water partition coefficient (Wildman–Crippen LogP) is 1.97. The SMILES string of the molecule is N#Cn1cc2ccccc2c1. The number of rotatable bonds is 0. The molecule has 11 heavy (non-hydrogen) atoms. The first kappa shape index (κ1) is 5.99. The van der Waals surface area contributed by atoms with E-state index < -0.39 is 0 Å². The Morgan fingerprint density at radius 1 is 1.09 bits per heavy atom. The summed E-state index contributed by atoms with van der Waals surface area (Å²) in [6.45, 7) is 0. The first-order valence-corrected chi connectivity index (χ1v) is 3.37. The van der Waals surface area contributed by atoms with Gasteiger partial charge in [0.15, 0.2) is 6.19 Å². The fraction of sp³-hybridized carbons (Fsp3) is 0. The van der Waals surface area contributed by atoms with Crippen LogP contribution in [0, 0.1) is 11.5 Å². The second-order valence-corrected chi connectivity index (χ2v) is 2.39. The van der Waals surface area contributed by atoms with E-state index in [9.17, 15) is 0 Å². The van der Waals surface area contributed by atoms with Crippen LogP contribution in [0.25, 0.3) is 10.8 Å². The Morgan fingerprint density at radius 2 is 1.64 bits per heavy atom. The average Bonchev–Trinajstić information content (AvgIpc) is 2.46. The van der Waals surface area contributed by atoms with Crippen LogP contribution in [0.1, 0.15) is 0 Å². The highest BCUT2D eigenvalue weighted by Crippen LogP contribution is 2.13. The minimum Gasteiger partial charge on any atom is -0.261 e.